The molecule has 1 aliphatic rings. The van der Waals surface area contributed by atoms with Crippen molar-refractivity contribution in [3.05, 3.63) is 0 Å². The molecule has 12 heavy (non-hydrogen) atoms. The maximum atomic E-state index is 8.31. The van der Waals surface area contributed by atoms with Gasteiger partial charge in [-0.15, -0.1) is 0 Å². The molecule has 0 aromatic carbocycles. The van der Waals surface area contributed by atoms with Crippen LogP contribution in [-0.4, -0.2) is 37.6 Å². The van der Waals surface area contributed by atoms with Gasteiger partial charge in [-0.25, -0.2) is 0 Å². The molecular weight excluding hydrogens is 150 g/mol. The van der Waals surface area contributed by atoms with Crippen LogP contribution in [0.15, 0.2) is 0 Å². The molecule has 1 fully saturated rings. The van der Waals surface area contributed by atoms with Crippen LogP contribution in [0.4, 0.5) is 0 Å². The van der Waals surface area contributed by atoms with E-state index in [1.165, 1.54) is 19.4 Å². The number of hydrogen-bond acceptors (Lipinski definition) is 3. The van der Waals surface area contributed by atoms with Crippen molar-refractivity contribution < 1.29 is 0 Å². The van der Waals surface area contributed by atoms with Gasteiger partial charge in [-0.3, -0.25) is 0 Å². The summed E-state index contributed by atoms with van der Waals surface area (Å²) in [5.74, 6) is 0. The maximum Gasteiger partial charge on any atom is 0.0635 e. The lowest BCUT2D eigenvalue weighted by Crippen LogP contribution is -2.35. The van der Waals surface area contributed by atoms with Crippen LogP contribution in [-0.2, 0) is 0 Å². The Morgan fingerprint density at radius 3 is 3.08 bits per heavy atom. The molecule has 1 heterocycles. The summed E-state index contributed by atoms with van der Waals surface area (Å²) in [5.41, 5.74) is 0. The van der Waals surface area contributed by atoms with Crippen molar-refractivity contribution in [3.8, 4) is 6.07 Å². The molecule has 1 aliphatic heterocycles. The molecule has 68 valence electrons. The zero-order valence-corrected chi connectivity index (χ0v) is 7.71. The average molecular weight is 167 g/mol. The fourth-order valence-corrected chi connectivity index (χ4v) is 1.65. The first-order valence-corrected chi connectivity index (χ1v) is 4.62. The van der Waals surface area contributed by atoms with Crippen molar-refractivity contribution in [2.75, 3.05) is 26.7 Å². The van der Waals surface area contributed by atoms with Gasteiger partial charge in [0.15, 0.2) is 0 Å². The lowest BCUT2D eigenvalue weighted by molar-refractivity contribution is 0.301. The predicted octanol–water partition coefficient (Wildman–Crippen LogP) is 0.584. The summed E-state index contributed by atoms with van der Waals surface area (Å²) < 4.78 is 0. The van der Waals surface area contributed by atoms with E-state index < -0.39 is 0 Å². The van der Waals surface area contributed by atoms with Crippen LogP contribution in [0.25, 0.3) is 0 Å². The van der Waals surface area contributed by atoms with E-state index in [4.69, 9.17) is 5.26 Å². The Morgan fingerprint density at radius 1 is 1.67 bits per heavy atom. The normalized spacial score (nSPS) is 24.2. The number of likely N-dealkylation sites (N-methyl/N-ethyl adjacent to an activating group) is 1. The molecule has 1 saturated heterocycles. The Kier molecular flexibility index (Phi) is 4.06. The Balaban J connectivity index is 2.03. The minimum Gasteiger partial charge on any atom is -0.314 e. The van der Waals surface area contributed by atoms with Crippen LogP contribution in [0.3, 0.4) is 0 Å². The van der Waals surface area contributed by atoms with Gasteiger partial charge in [-0.05, 0) is 26.4 Å². The summed E-state index contributed by atoms with van der Waals surface area (Å²) in [6.45, 7) is 3.10. The SMILES string of the molecule is CN1CCCC1CNCCC#N. The second-order valence-corrected chi connectivity index (χ2v) is 3.39. The Morgan fingerprint density at radius 2 is 2.50 bits per heavy atom. The molecule has 1 N–H and O–H groups in total. The molecule has 0 aliphatic carbocycles. The summed E-state index contributed by atoms with van der Waals surface area (Å²) in [5, 5.41) is 11.6. The lowest BCUT2D eigenvalue weighted by atomic mass is 10.2. The molecule has 0 bridgehead atoms. The number of nitriles is 1. The summed E-state index contributed by atoms with van der Waals surface area (Å²) in [7, 11) is 2.17. The summed E-state index contributed by atoms with van der Waals surface area (Å²) in [4.78, 5) is 2.39. The summed E-state index contributed by atoms with van der Waals surface area (Å²) in [6, 6.07) is 2.83. The third-order valence-electron chi connectivity index (χ3n) is 2.47. The van der Waals surface area contributed by atoms with Gasteiger partial charge in [0.2, 0.25) is 0 Å². The number of hydrogen-bond donors (Lipinski definition) is 1. The van der Waals surface area contributed by atoms with E-state index in [1.54, 1.807) is 0 Å². The third-order valence-corrected chi connectivity index (χ3v) is 2.47. The zero-order valence-electron chi connectivity index (χ0n) is 7.71. The topological polar surface area (TPSA) is 39.1 Å². The van der Waals surface area contributed by atoms with Gasteiger partial charge in [-0.1, -0.05) is 0 Å². The highest BCUT2D eigenvalue weighted by Crippen LogP contribution is 2.13. The third kappa shape index (κ3) is 2.80. The van der Waals surface area contributed by atoms with Crippen molar-refractivity contribution in [1.29, 1.82) is 5.26 Å². The van der Waals surface area contributed by atoms with Crippen LogP contribution in [0.1, 0.15) is 19.3 Å². The molecule has 0 amide bonds. The molecule has 1 rings (SSSR count). The zero-order chi connectivity index (χ0) is 8.81. The number of rotatable bonds is 4. The molecule has 0 radical (unpaired) electrons. The van der Waals surface area contributed by atoms with Crippen LogP contribution in [0.5, 0.6) is 0 Å². The Labute approximate surface area is 74.4 Å². The maximum absolute atomic E-state index is 8.31. The highest BCUT2D eigenvalue weighted by Gasteiger charge is 2.19. The molecule has 0 saturated carbocycles. The first-order valence-electron chi connectivity index (χ1n) is 4.62. The van der Waals surface area contributed by atoms with Gasteiger partial charge in [-0.2, -0.15) is 5.26 Å². The van der Waals surface area contributed by atoms with E-state index in [-0.39, 0.29) is 0 Å². The van der Waals surface area contributed by atoms with E-state index >= 15 is 0 Å². The lowest BCUT2D eigenvalue weighted by Gasteiger charge is -2.19. The Bertz CT molecular complexity index is 162. The van der Waals surface area contributed by atoms with Crippen LogP contribution in [0.2, 0.25) is 0 Å². The van der Waals surface area contributed by atoms with Crippen molar-refractivity contribution in [1.82, 2.24) is 10.2 Å². The quantitative estimate of drug-likeness (QED) is 0.623. The van der Waals surface area contributed by atoms with Gasteiger partial charge in [0.1, 0.15) is 0 Å². The summed E-state index contributed by atoms with van der Waals surface area (Å²) in [6.07, 6.45) is 3.24. The second-order valence-electron chi connectivity index (χ2n) is 3.39. The molecule has 1 unspecified atom stereocenters. The van der Waals surface area contributed by atoms with Gasteiger partial charge < -0.3 is 10.2 Å². The van der Waals surface area contributed by atoms with Crippen molar-refractivity contribution in [3.63, 3.8) is 0 Å². The van der Waals surface area contributed by atoms with Crippen LogP contribution in [0, 0.1) is 11.3 Å². The molecule has 0 spiro atoms. The molecule has 1 atom stereocenters. The molecule has 0 aromatic heterocycles. The number of likely N-dealkylation sites (tertiary alicyclic amines) is 1. The monoisotopic (exact) mass is 167 g/mol. The van der Waals surface area contributed by atoms with Crippen LogP contribution < -0.4 is 5.32 Å². The van der Waals surface area contributed by atoms with Gasteiger partial charge in [0, 0.05) is 25.6 Å². The fourth-order valence-electron chi connectivity index (χ4n) is 1.65. The predicted molar refractivity (Wildman–Crippen MR) is 48.8 cm³/mol. The first-order chi connectivity index (χ1) is 5.84. The van der Waals surface area contributed by atoms with E-state index in [1.807, 2.05) is 0 Å². The summed E-state index contributed by atoms with van der Waals surface area (Å²) >= 11 is 0. The number of nitrogens with zero attached hydrogens (tertiary/aromatic N) is 2. The highest BCUT2D eigenvalue weighted by atomic mass is 15.2. The van der Waals surface area contributed by atoms with Gasteiger partial charge in [0.25, 0.3) is 0 Å². The van der Waals surface area contributed by atoms with Crippen molar-refractivity contribution in [2.24, 2.45) is 0 Å². The number of nitrogens with one attached hydrogen (secondary N) is 1. The molecule has 0 aromatic rings. The van der Waals surface area contributed by atoms with E-state index in [9.17, 15) is 0 Å². The molecule has 3 nitrogen and oxygen atoms in total. The fraction of sp³-hybridized carbons (Fsp3) is 0.889. The molecular formula is C9H17N3. The average Bonchev–Trinajstić information content (AvgIpc) is 2.46. The first kappa shape index (κ1) is 9.50. The standard InChI is InChI=1S/C9H17N3/c1-12-7-2-4-9(12)8-11-6-3-5-10/h9,11H,2-4,6-8H2,1H3. The van der Waals surface area contributed by atoms with E-state index in [0.717, 1.165) is 13.1 Å². The second kappa shape index (κ2) is 5.13. The van der Waals surface area contributed by atoms with E-state index in [0.29, 0.717) is 12.5 Å². The minimum absolute atomic E-state index is 0.621. The van der Waals surface area contributed by atoms with Gasteiger partial charge >= 0.3 is 0 Å². The smallest absolute Gasteiger partial charge is 0.0635 e. The van der Waals surface area contributed by atoms with Crippen molar-refractivity contribution >= 4 is 0 Å². The molecule has 3 heteroatoms. The van der Waals surface area contributed by atoms with Crippen LogP contribution >= 0.6 is 0 Å². The van der Waals surface area contributed by atoms with Gasteiger partial charge in [0.05, 0.1) is 6.07 Å². The largest absolute Gasteiger partial charge is 0.314 e. The van der Waals surface area contributed by atoms with Crippen molar-refractivity contribution in [2.45, 2.75) is 25.3 Å². The van der Waals surface area contributed by atoms with E-state index in [2.05, 4.69) is 23.3 Å². The minimum atomic E-state index is 0.621. The highest BCUT2D eigenvalue weighted by molar-refractivity contribution is 4.79. The Hall–Kier alpha value is -0.590.